The van der Waals surface area contributed by atoms with E-state index < -0.39 is 28.1 Å². The van der Waals surface area contributed by atoms with Gasteiger partial charge in [-0.25, -0.2) is 0 Å². The zero-order valence-corrected chi connectivity index (χ0v) is 17.1. The zero-order chi connectivity index (χ0) is 16.0. The Kier molecular flexibility index (Phi) is 7.36. The lowest BCUT2D eigenvalue weighted by molar-refractivity contribution is 0.373. The van der Waals surface area contributed by atoms with E-state index in [-0.39, 0.29) is 0 Å². The summed E-state index contributed by atoms with van der Waals surface area (Å²) in [6.07, 6.45) is 4.30. The molecule has 20 heavy (non-hydrogen) atoms. The minimum atomic E-state index is -1.84. The molecule has 0 bridgehead atoms. The second-order valence-electron chi connectivity index (χ2n) is 4.40. The van der Waals surface area contributed by atoms with Crippen LogP contribution in [0.25, 0.3) is 0 Å². The molecule has 0 spiro atoms. The first-order valence-corrected chi connectivity index (χ1v) is 9.05. The Morgan fingerprint density at radius 3 is 0.950 bits per heavy atom. The molecule has 1 aliphatic rings. The largest absolute Gasteiger partial charge is 0.223 e. The predicted molar refractivity (Wildman–Crippen MR) is 94.3 cm³/mol. The van der Waals surface area contributed by atoms with Crippen LogP contribution in [0.1, 0.15) is 12.8 Å². The first-order chi connectivity index (χ1) is 8.71. The fraction of sp³-hybridized carbons (Fsp3) is 0.800. The number of hydrogen-bond donors (Lipinski definition) is 0. The van der Waals surface area contributed by atoms with Crippen LogP contribution in [0, 0.1) is 24.7 Å². The number of halogens is 10. The Morgan fingerprint density at radius 2 is 0.800 bits per heavy atom. The summed E-state index contributed by atoms with van der Waals surface area (Å²) in [5.74, 6) is -0.789. The van der Waals surface area contributed by atoms with E-state index in [2.05, 4.69) is 0 Å². The first-order valence-electron chi connectivity index (χ1n) is 5.27. The van der Waals surface area contributed by atoms with Crippen LogP contribution in [-0.4, -0.2) is 16.3 Å². The first kappa shape index (κ1) is 20.9. The van der Waals surface area contributed by atoms with Crippen LogP contribution in [0.2, 0.25) is 0 Å². The van der Waals surface area contributed by atoms with Gasteiger partial charge in [-0.1, -0.05) is 116 Å². The van der Waals surface area contributed by atoms with Crippen LogP contribution in [0.15, 0.2) is 0 Å². The normalized spacial score (nSPS) is 26.7. The Bertz CT molecular complexity index is 297. The van der Waals surface area contributed by atoms with Gasteiger partial charge in [0.15, 0.2) is 8.67 Å². The van der Waals surface area contributed by atoms with Gasteiger partial charge in [-0.05, 0) is 37.5 Å². The van der Waals surface area contributed by atoms with Gasteiger partial charge in [0, 0.05) is 0 Å². The van der Waals surface area contributed by atoms with E-state index in [9.17, 15) is 0 Å². The highest BCUT2D eigenvalue weighted by Crippen LogP contribution is 2.58. The van der Waals surface area contributed by atoms with Crippen molar-refractivity contribution in [2.24, 2.45) is 11.8 Å². The summed E-state index contributed by atoms with van der Waals surface area (Å²) in [5, 5.41) is 0. The Balaban J connectivity index is 2.75. The molecule has 0 amide bonds. The highest BCUT2D eigenvalue weighted by molar-refractivity contribution is 6.76. The molecule has 1 saturated carbocycles. The molecule has 2 atom stereocenters. The van der Waals surface area contributed by atoms with Crippen LogP contribution in [0.5, 0.6) is 0 Å². The van der Waals surface area contributed by atoms with Crippen LogP contribution >= 0.6 is 116 Å². The highest BCUT2D eigenvalue weighted by Gasteiger charge is 2.56. The van der Waals surface area contributed by atoms with Gasteiger partial charge in [-0.3, -0.25) is 0 Å². The van der Waals surface area contributed by atoms with Crippen molar-refractivity contribution in [2.45, 2.75) is 29.1 Å². The van der Waals surface area contributed by atoms with E-state index in [0.717, 1.165) is 0 Å². The predicted octanol–water partition coefficient (Wildman–Crippen LogP) is 7.51. The molecule has 1 rings (SSSR count). The zero-order valence-electron chi connectivity index (χ0n) is 9.50. The van der Waals surface area contributed by atoms with Gasteiger partial charge in [0.1, 0.15) is 0 Å². The summed E-state index contributed by atoms with van der Waals surface area (Å²) >= 11 is 59.1. The smallest absolute Gasteiger partial charge is 0.0965 e. The van der Waals surface area contributed by atoms with E-state index in [1.165, 1.54) is 0 Å². The molecular weight excluding hydrogens is 475 g/mol. The lowest BCUT2D eigenvalue weighted by Crippen LogP contribution is -2.46. The second-order valence-corrected chi connectivity index (χ2v) is 11.7. The molecule has 1 aliphatic carbocycles. The molecule has 0 aromatic heterocycles. The SMILES string of the molecule is ClC(Cl)(Cl)C(Cl)(Cl)C1[CH]CC(C(Cl)(Cl)C(Cl)(Cl)Cl)[CH]C1. The summed E-state index contributed by atoms with van der Waals surface area (Å²) in [7, 11) is 0. The highest BCUT2D eigenvalue weighted by atomic mass is 35.6. The van der Waals surface area contributed by atoms with Crippen molar-refractivity contribution in [3.63, 3.8) is 0 Å². The third-order valence-corrected chi connectivity index (χ3v) is 8.24. The van der Waals surface area contributed by atoms with Gasteiger partial charge < -0.3 is 0 Å². The molecule has 0 aromatic carbocycles. The number of rotatable bonds is 2. The monoisotopic (exact) mass is 478 g/mol. The van der Waals surface area contributed by atoms with Gasteiger partial charge in [-0.15, -0.1) is 0 Å². The molecule has 1 fully saturated rings. The lowest BCUT2D eigenvalue weighted by atomic mass is 9.79. The lowest BCUT2D eigenvalue weighted by Gasteiger charge is -2.43. The molecule has 0 aromatic rings. The number of hydrogen-bond acceptors (Lipinski definition) is 0. The molecule has 10 heteroatoms. The summed E-state index contributed by atoms with van der Waals surface area (Å²) in [6, 6.07) is 0. The molecule has 2 unspecified atom stereocenters. The van der Waals surface area contributed by atoms with Gasteiger partial charge in [-0.2, -0.15) is 0 Å². The molecule has 0 saturated heterocycles. The number of alkyl halides is 10. The van der Waals surface area contributed by atoms with Crippen molar-refractivity contribution in [2.75, 3.05) is 0 Å². The third kappa shape index (κ3) is 4.50. The van der Waals surface area contributed by atoms with E-state index >= 15 is 0 Å². The molecule has 2 radical (unpaired) electrons. The van der Waals surface area contributed by atoms with E-state index in [4.69, 9.17) is 116 Å². The van der Waals surface area contributed by atoms with Crippen LogP contribution in [0.4, 0.5) is 0 Å². The Morgan fingerprint density at radius 1 is 0.550 bits per heavy atom. The Labute approximate surface area is 168 Å². The molecule has 0 heterocycles. The van der Waals surface area contributed by atoms with E-state index in [1.54, 1.807) is 12.8 Å². The molecule has 0 nitrogen and oxygen atoms in total. The van der Waals surface area contributed by atoms with Gasteiger partial charge in [0.05, 0.1) is 0 Å². The average Bonchev–Trinajstić information content (AvgIpc) is 2.26. The van der Waals surface area contributed by atoms with Gasteiger partial charge >= 0.3 is 0 Å². The summed E-state index contributed by atoms with van der Waals surface area (Å²) in [6.45, 7) is 0. The van der Waals surface area contributed by atoms with Crippen molar-refractivity contribution in [3.8, 4) is 0 Å². The summed E-state index contributed by atoms with van der Waals surface area (Å²) < 4.78 is -6.85. The Hall–Kier alpha value is 2.90. The van der Waals surface area contributed by atoms with Crippen molar-refractivity contribution in [3.05, 3.63) is 12.8 Å². The van der Waals surface area contributed by atoms with Crippen LogP contribution in [-0.2, 0) is 0 Å². The fourth-order valence-electron chi connectivity index (χ4n) is 1.83. The van der Waals surface area contributed by atoms with Crippen molar-refractivity contribution < 1.29 is 0 Å². The van der Waals surface area contributed by atoms with Crippen molar-refractivity contribution in [1.82, 2.24) is 0 Å². The fourth-order valence-corrected chi connectivity index (χ4v) is 3.38. The maximum absolute atomic E-state index is 6.12. The van der Waals surface area contributed by atoms with Crippen molar-refractivity contribution in [1.29, 1.82) is 0 Å². The van der Waals surface area contributed by atoms with Crippen molar-refractivity contribution >= 4 is 116 Å². The van der Waals surface area contributed by atoms with Gasteiger partial charge in [0.25, 0.3) is 0 Å². The summed E-state index contributed by atoms with van der Waals surface area (Å²) in [5.41, 5.74) is 0. The second kappa shape index (κ2) is 7.03. The van der Waals surface area contributed by atoms with Gasteiger partial charge in [0.2, 0.25) is 7.59 Å². The maximum Gasteiger partial charge on any atom is 0.223 e. The summed E-state index contributed by atoms with van der Waals surface area (Å²) in [4.78, 5) is 0. The topological polar surface area (TPSA) is 0 Å². The minimum absolute atomic E-state index is 0.382. The van der Waals surface area contributed by atoms with Crippen LogP contribution < -0.4 is 0 Å². The third-order valence-electron chi connectivity index (χ3n) is 3.04. The van der Waals surface area contributed by atoms with Crippen LogP contribution in [0.3, 0.4) is 0 Å². The van der Waals surface area contributed by atoms with E-state index in [0.29, 0.717) is 12.8 Å². The van der Waals surface area contributed by atoms with E-state index in [1.807, 2.05) is 0 Å². The molecular formula is C10H8Cl10. The molecule has 0 N–H and O–H groups in total. The molecule has 0 aliphatic heterocycles. The quantitative estimate of drug-likeness (QED) is 0.357. The average molecular weight is 483 g/mol. The maximum atomic E-state index is 6.12. The molecule has 118 valence electrons. The minimum Gasteiger partial charge on any atom is -0.0965 e. The standard InChI is InChI=1S/C10H8Cl10/c11-7(12,9(15,16)17)5-1-2-6(4-3-5)8(13,14)10(18,19)20/h1,4-6H,2-3H2.